The van der Waals surface area contributed by atoms with Crippen molar-refractivity contribution in [2.75, 3.05) is 28.6 Å². The molecule has 138 valence electrons. The number of thioether (sulfide) groups is 1. The fraction of sp³-hybridized carbons (Fsp3) is 0.556. The molecular formula is C18H20FN3O3S. The van der Waals surface area contributed by atoms with Gasteiger partial charge in [-0.25, -0.2) is 9.18 Å². The Morgan fingerprint density at radius 1 is 1.46 bits per heavy atom. The fourth-order valence-electron chi connectivity index (χ4n) is 4.62. The average molecular weight is 377 g/mol. The monoisotopic (exact) mass is 377 g/mol. The van der Waals surface area contributed by atoms with Crippen molar-refractivity contribution in [1.29, 1.82) is 0 Å². The van der Waals surface area contributed by atoms with Gasteiger partial charge in [-0.05, 0) is 31.0 Å². The normalized spacial score (nSPS) is 34.1. The van der Waals surface area contributed by atoms with E-state index in [0.29, 0.717) is 34.8 Å². The van der Waals surface area contributed by atoms with Crippen molar-refractivity contribution in [3.63, 3.8) is 0 Å². The van der Waals surface area contributed by atoms with Crippen molar-refractivity contribution in [3.05, 3.63) is 24.0 Å². The number of hydrogen-bond acceptors (Lipinski definition) is 5. The summed E-state index contributed by atoms with van der Waals surface area (Å²) in [5, 5.41) is 2.64. The first-order chi connectivity index (χ1) is 12.5. The number of amides is 2. The zero-order chi connectivity index (χ0) is 18.1. The maximum Gasteiger partial charge on any atom is 0.414 e. The Bertz CT molecular complexity index is 786. The molecule has 1 N–H and O–H groups in total. The number of halogens is 1. The van der Waals surface area contributed by atoms with E-state index in [4.69, 9.17) is 4.74 Å². The standard InChI is InChI=1S/C18H20FN3O3S/c1-10(23)20-7-12-8-21(17(24)25-12)11-2-3-14(13(19)6-11)22-15-4-5-18(15)16(22)9-26-18/h2-3,6,12,15-16H,4-5,7-9H2,1H3,(H,20,23)/t12-,15?,16?,18?/m0/s1. The summed E-state index contributed by atoms with van der Waals surface area (Å²) in [6.45, 7) is 1.97. The van der Waals surface area contributed by atoms with Gasteiger partial charge < -0.3 is 15.0 Å². The highest BCUT2D eigenvalue weighted by Crippen LogP contribution is 2.67. The maximum atomic E-state index is 14.8. The molecule has 4 atom stereocenters. The summed E-state index contributed by atoms with van der Waals surface area (Å²) in [6.07, 6.45) is 1.45. The van der Waals surface area contributed by atoms with E-state index in [1.54, 1.807) is 12.1 Å². The number of nitrogens with one attached hydrogen (secondary N) is 1. The van der Waals surface area contributed by atoms with Crippen LogP contribution in [0.1, 0.15) is 19.8 Å². The van der Waals surface area contributed by atoms with Gasteiger partial charge in [0.25, 0.3) is 0 Å². The zero-order valence-electron chi connectivity index (χ0n) is 14.4. The Kier molecular flexibility index (Phi) is 3.44. The minimum atomic E-state index is -0.509. The van der Waals surface area contributed by atoms with Gasteiger partial charge >= 0.3 is 6.09 Å². The van der Waals surface area contributed by atoms with Gasteiger partial charge in [0.2, 0.25) is 5.91 Å². The number of anilines is 2. The predicted octanol–water partition coefficient (Wildman–Crippen LogP) is 2.12. The highest BCUT2D eigenvalue weighted by Gasteiger charge is 2.71. The molecule has 1 aromatic carbocycles. The molecule has 6 nitrogen and oxygen atoms in total. The smallest absolute Gasteiger partial charge is 0.414 e. The van der Waals surface area contributed by atoms with Crippen molar-refractivity contribution in [1.82, 2.24) is 5.32 Å². The molecule has 26 heavy (non-hydrogen) atoms. The van der Waals surface area contributed by atoms with E-state index in [-0.39, 0.29) is 18.3 Å². The summed E-state index contributed by atoms with van der Waals surface area (Å²) < 4.78 is 20.5. The van der Waals surface area contributed by atoms with Gasteiger partial charge in [0.15, 0.2) is 0 Å². The lowest BCUT2D eigenvalue weighted by molar-refractivity contribution is -0.119. The third kappa shape index (κ3) is 2.11. The average Bonchev–Trinajstić information content (AvgIpc) is 2.91. The molecule has 1 aliphatic carbocycles. The van der Waals surface area contributed by atoms with E-state index in [0.717, 1.165) is 12.2 Å². The van der Waals surface area contributed by atoms with Crippen molar-refractivity contribution in [3.8, 4) is 0 Å². The molecule has 0 radical (unpaired) electrons. The van der Waals surface area contributed by atoms with E-state index in [1.807, 2.05) is 11.8 Å². The van der Waals surface area contributed by atoms with Gasteiger partial charge in [-0.1, -0.05) is 0 Å². The van der Waals surface area contributed by atoms with Crippen molar-refractivity contribution in [2.45, 2.75) is 42.7 Å². The van der Waals surface area contributed by atoms with Crippen LogP contribution in [0.4, 0.5) is 20.6 Å². The van der Waals surface area contributed by atoms with E-state index in [9.17, 15) is 14.0 Å². The number of rotatable bonds is 4. The number of nitrogens with zero attached hydrogens (tertiary/aromatic N) is 2. The number of carbonyl (C=O) groups excluding carboxylic acids is 2. The third-order valence-electron chi connectivity index (χ3n) is 6.09. The largest absolute Gasteiger partial charge is 0.442 e. The van der Waals surface area contributed by atoms with Crippen LogP contribution in [0, 0.1) is 5.82 Å². The second kappa shape index (κ2) is 5.52. The van der Waals surface area contributed by atoms with Gasteiger partial charge in [0, 0.05) is 18.7 Å². The second-order valence-corrected chi connectivity index (χ2v) is 8.81. The van der Waals surface area contributed by atoms with Crippen LogP contribution in [0.2, 0.25) is 0 Å². The van der Waals surface area contributed by atoms with Gasteiger partial charge in [-0.3, -0.25) is 9.69 Å². The number of hydrogen-bond donors (Lipinski definition) is 1. The molecule has 5 rings (SSSR count). The Morgan fingerprint density at radius 3 is 2.88 bits per heavy atom. The Labute approximate surface area is 155 Å². The summed E-state index contributed by atoms with van der Waals surface area (Å²) in [6, 6.07) is 5.91. The summed E-state index contributed by atoms with van der Waals surface area (Å²) in [5.74, 6) is 0.602. The van der Waals surface area contributed by atoms with Crippen LogP contribution < -0.4 is 15.1 Å². The minimum Gasteiger partial charge on any atom is -0.442 e. The van der Waals surface area contributed by atoms with Crippen LogP contribution in [-0.4, -0.2) is 53.8 Å². The van der Waals surface area contributed by atoms with Crippen LogP contribution in [0.25, 0.3) is 0 Å². The van der Waals surface area contributed by atoms with Crippen molar-refractivity contribution in [2.24, 2.45) is 0 Å². The van der Waals surface area contributed by atoms with Gasteiger partial charge in [-0.2, -0.15) is 0 Å². The molecule has 2 amide bonds. The maximum absolute atomic E-state index is 14.8. The highest BCUT2D eigenvalue weighted by atomic mass is 32.2. The summed E-state index contributed by atoms with van der Waals surface area (Å²) in [7, 11) is 0. The summed E-state index contributed by atoms with van der Waals surface area (Å²) in [4.78, 5) is 26.7. The predicted molar refractivity (Wildman–Crippen MR) is 97.2 cm³/mol. The molecule has 0 bridgehead atoms. The van der Waals surface area contributed by atoms with Crippen LogP contribution >= 0.6 is 11.8 Å². The van der Waals surface area contributed by atoms with Crippen molar-refractivity contribution >= 4 is 35.1 Å². The zero-order valence-corrected chi connectivity index (χ0v) is 15.2. The molecule has 3 saturated heterocycles. The van der Waals surface area contributed by atoms with E-state index in [1.165, 1.54) is 24.3 Å². The second-order valence-electron chi connectivity index (χ2n) is 7.43. The van der Waals surface area contributed by atoms with Crippen LogP contribution in [0.15, 0.2) is 18.2 Å². The SMILES string of the molecule is CC(=O)NC[C@H]1CN(c2ccc(N3C4CCC45SCC35)c(F)c2)C(=O)O1. The lowest BCUT2D eigenvalue weighted by Crippen LogP contribution is -2.86. The number of piperidine rings is 1. The van der Waals surface area contributed by atoms with E-state index < -0.39 is 12.2 Å². The molecule has 1 aromatic rings. The van der Waals surface area contributed by atoms with Gasteiger partial charge in [-0.15, -0.1) is 11.8 Å². The molecule has 4 aliphatic rings. The molecule has 3 heterocycles. The first-order valence-electron chi connectivity index (χ1n) is 8.94. The fourth-order valence-corrected chi connectivity index (χ4v) is 6.32. The molecule has 3 unspecified atom stereocenters. The first-order valence-corrected chi connectivity index (χ1v) is 9.92. The number of ether oxygens (including phenoxy) is 1. The van der Waals surface area contributed by atoms with Crippen LogP contribution in [-0.2, 0) is 9.53 Å². The highest BCUT2D eigenvalue weighted by molar-refractivity contribution is 8.02. The topological polar surface area (TPSA) is 61.9 Å². The molecule has 1 spiro atoms. The lowest BCUT2D eigenvalue weighted by atomic mass is 9.63. The minimum absolute atomic E-state index is 0.175. The van der Waals surface area contributed by atoms with E-state index >= 15 is 0 Å². The Morgan fingerprint density at radius 2 is 2.31 bits per heavy atom. The molecular weight excluding hydrogens is 357 g/mol. The van der Waals surface area contributed by atoms with Gasteiger partial charge in [0.05, 0.1) is 35.3 Å². The number of cyclic esters (lactones) is 1. The molecule has 3 aliphatic heterocycles. The third-order valence-corrected chi connectivity index (χ3v) is 7.86. The number of carbonyl (C=O) groups is 2. The lowest BCUT2D eigenvalue weighted by Gasteiger charge is -2.76. The quantitative estimate of drug-likeness (QED) is 0.871. The molecule has 0 aromatic heterocycles. The molecule has 1 saturated carbocycles. The van der Waals surface area contributed by atoms with Crippen LogP contribution in [0.5, 0.6) is 0 Å². The Hall–Kier alpha value is -1.96. The first kappa shape index (κ1) is 16.2. The van der Waals surface area contributed by atoms with E-state index in [2.05, 4.69) is 10.2 Å². The summed E-state index contributed by atoms with van der Waals surface area (Å²) in [5.41, 5.74) is 1.13. The van der Waals surface area contributed by atoms with Crippen LogP contribution in [0.3, 0.4) is 0 Å². The van der Waals surface area contributed by atoms with Crippen molar-refractivity contribution < 1.29 is 18.7 Å². The number of benzene rings is 1. The summed E-state index contributed by atoms with van der Waals surface area (Å²) >= 11 is 2.02. The van der Waals surface area contributed by atoms with Gasteiger partial charge in [0.1, 0.15) is 11.9 Å². The Balaban J connectivity index is 1.31. The molecule has 8 heteroatoms. The molecule has 4 fully saturated rings.